The SMILES string of the molecule is CN=C(NCc1ncccc1C)NC1CCN(Cc2ccccc2)C(C)C1. The minimum absolute atomic E-state index is 0.447. The van der Waals surface area contributed by atoms with Crippen LogP contribution in [0.15, 0.2) is 53.7 Å². The molecule has 1 fully saturated rings. The Morgan fingerprint density at radius 3 is 2.74 bits per heavy atom. The summed E-state index contributed by atoms with van der Waals surface area (Å²) in [4.78, 5) is 11.4. The number of piperidine rings is 1. The third-order valence-electron chi connectivity index (χ3n) is 5.35. The van der Waals surface area contributed by atoms with Crippen molar-refractivity contribution in [1.29, 1.82) is 0 Å². The van der Waals surface area contributed by atoms with E-state index in [1.807, 2.05) is 19.3 Å². The second-order valence-electron chi connectivity index (χ2n) is 7.36. The predicted molar refractivity (Wildman–Crippen MR) is 112 cm³/mol. The van der Waals surface area contributed by atoms with Gasteiger partial charge >= 0.3 is 0 Å². The van der Waals surface area contributed by atoms with Gasteiger partial charge in [0.15, 0.2) is 5.96 Å². The summed E-state index contributed by atoms with van der Waals surface area (Å²) in [6, 6.07) is 15.8. The van der Waals surface area contributed by atoms with Crippen LogP contribution in [0.2, 0.25) is 0 Å². The van der Waals surface area contributed by atoms with E-state index in [2.05, 4.69) is 75.8 Å². The molecular formula is C22H31N5. The molecule has 1 aliphatic heterocycles. The second kappa shape index (κ2) is 9.51. The molecule has 2 unspecified atom stereocenters. The van der Waals surface area contributed by atoms with E-state index < -0.39 is 0 Å². The van der Waals surface area contributed by atoms with Crippen molar-refractivity contribution >= 4 is 5.96 Å². The Kier molecular flexibility index (Phi) is 6.82. The molecule has 2 atom stereocenters. The van der Waals surface area contributed by atoms with E-state index >= 15 is 0 Å². The Morgan fingerprint density at radius 2 is 2.04 bits per heavy atom. The average molecular weight is 366 g/mol. The van der Waals surface area contributed by atoms with Crippen molar-refractivity contribution in [1.82, 2.24) is 20.5 Å². The molecule has 2 aromatic rings. The summed E-state index contributed by atoms with van der Waals surface area (Å²) in [5.41, 5.74) is 3.65. The van der Waals surface area contributed by atoms with Crippen LogP contribution in [0.1, 0.15) is 36.6 Å². The van der Waals surface area contributed by atoms with Gasteiger partial charge in [-0.05, 0) is 43.9 Å². The molecule has 1 aromatic carbocycles. The number of likely N-dealkylation sites (tertiary alicyclic amines) is 1. The van der Waals surface area contributed by atoms with E-state index in [1.165, 1.54) is 11.1 Å². The molecule has 5 heteroatoms. The quantitative estimate of drug-likeness (QED) is 0.631. The highest BCUT2D eigenvalue weighted by atomic mass is 15.2. The molecule has 0 aliphatic carbocycles. The number of hydrogen-bond acceptors (Lipinski definition) is 3. The van der Waals surface area contributed by atoms with E-state index in [0.29, 0.717) is 18.6 Å². The van der Waals surface area contributed by atoms with E-state index in [9.17, 15) is 0 Å². The maximum absolute atomic E-state index is 4.44. The molecule has 0 radical (unpaired) electrons. The number of aliphatic imine (C=N–C) groups is 1. The highest BCUT2D eigenvalue weighted by Gasteiger charge is 2.25. The Hall–Kier alpha value is -2.40. The molecule has 0 saturated carbocycles. The van der Waals surface area contributed by atoms with Gasteiger partial charge in [0.25, 0.3) is 0 Å². The van der Waals surface area contributed by atoms with Crippen LogP contribution < -0.4 is 10.6 Å². The minimum atomic E-state index is 0.447. The molecule has 0 amide bonds. The molecule has 5 nitrogen and oxygen atoms in total. The van der Waals surface area contributed by atoms with Crippen molar-refractivity contribution in [3.8, 4) is 0 Å². The molecule has 1 aromatic heterocycles. The van der Waals surface area contributed by atoms with Crippen molar-refractivity contribution in [2.75, 3.05) is 13.6 Å². The van der Waals surface area contributed by atoms with Gasteiger partial charge in [-0.15, -0.1) is 0 Å². The zero-order chi connectivity index (χ0) is 19.1. The van der Waals surface area contributed by atoms with Crippen molar-refractivity contribution in [2.24, 2.45) is 4.99 Å². The lowest BCUT2D eigenvalue weighted by molar-refractivity contribution is 0.134. The van der Waals surface area contributed by atoms with Crippen LogP contribution in [-0.4, -0.2) is 41.5 Å². The first-order valence-corrected chi connectivity index (χ1v) is 9.81. The first-order chi connectivity index (χ1) is 13.2. The van der Waals surface area contributed by atoms with Crippen LogP contribution in [-0.2, 0) is 13.1 Å². The summed E-state index contributed by atoms with van der Waals surface area (Å²) >= 11 is 0. The van der Waals surface area contributed by atoms with Gasteiger partial charge in [0.05, 0.1) is 12.2 Å². The van der Waals surface area contributed by atoms with Crippen LogP contribution in [0, 0.1) is 6.92 Å². The lowest BCUT2D eigenvalue weighted by Gasteiger charge is -2.38. The van der Waals surface area contributed by atoms with Gasteiger partial charge < -0.3 is 10.6 Å². The number of aryl methyl sites for hydroxylation is 1. The van der Waals surface area contributed by atoms with Gasteiger partial charge in [-0.25, -0.2) is 0 Å². The number of nitrogens with one attached hydrogen (secondary N) is 2. The van der Waals surface area contributed by atoms with E-state index in [0.717, 1.165) is 37.6 Å². The Bertz CT molecular complexity index is 743. The summed E-state index contributed by atoms with van der Waals surface area (Å²) in [5.74, 6) is 0.855. The van der Waals surface area contributed by atoms with E-state index in [-0.39, 0.29) is 0 Å². The molecule has 144 valence electrons. The van der Waals surface area contributed by atoms with Crippen molar-refractivity contribution in [3.63, 3.8) is 0 Å². The van der Waals surface area contributed by atoms with E-state index in [4.69, 9.17) is 0 Å². The van der Waals surface area contributed by atoms with Gasteiger partial charge in [0, 0.05) is 38.4 Å². The maximum atomic E-state index is 4.44. The lowest BCUT2D eigenvalue weighted by atomic mass is 9.97. The number of pyridine rings is 1. The summed E-state index contributed by atoms with van der Waals surface area (Å²) in [6.45, 7) is 7.23. The Labute approximate surface area is 162 Å². The van der Waals surface area contributed by atoms with Crippen LogP contribution in [0.5, 0.6) is 0 Å². The van der Waals surface area contributed by atoms with Gasteiger partial charge in [0.2, 0.25) is 0 Å². The van der Waals surface area contributed by atoms with Crippen molar-refractivity contribution in [3.05, 3.63) is 65.5 Å². The average Bonchev–Trinajstić information content (AvgIpc) is 2.69. The largest absolute Gasteiger partial charge is 0.354 e. The summed E-state index contributed by atoms with van der Waals surface area (Å²) in [5, 5.41) is 7.00. The van der Waals surface area contributed by atoms with Crippen LogP contribution in [0.25, 0.3) is 0 Å². The summed E-state index contributed by atoms with van der Waals surface area (Å²) < 4.78 is 0. The highest BCUT2D eigenvalue weighted by molar-refractivity contribution is 5.79. The highest BCUT2D eigenvalue weighted by Crippen LogP contribution is 2.20. The molecule has 3 rings (SSSR count). The molecule has 0 bridgehead atoms. The summed E-state index contributed by atoms with van der Waals surface area (Å²) in [7, 11) is 1.83. The van der Waals surface area contributed by atoms with Gasteiger partial charge in [-0.3, -0.25) is 14.9 Å². The van der Waals surface area contributed by atoms with Crippen molar-refractivity contribution < 1.29 is 0 Å². The molecule has 2 heterocycles. The Morgan fingerprint density at radius 1 is 1.22 bits per heavy atom. The minimum Gasteiger partial charge on any atom is -0.354 e. The fraction of sp³-hybridized carbons (Fsp3) is 0.455. The van der Waals surface area contributed by atoms with E-state index in [1.54, 1.807) is 0 Å². The smallest absolute Gasteiger partial charge is 0.191 e. The number of benzene rings is 1. The zero-order valence-electron chi connectivity index (χ0n) is 16.7. The molecule has 1 aliphatic rings. The van der Waals surface area contributed by atoms with Gasteiger partial charge in [-0.2, -0.15) is 0 Å². The number of guanidine groups is 1. The van der Waals surface area contributed by atoms with Crippen LogP contribution >= 0.6 is 0 Å². The first kappa shape index (κ1) is 19.4. The number of nitrogens with zero attached hydrogens (tertiary/aromatic N) is 3. The van der Waals surface area contributed by atoms with Crippen LogP contribution in [0.4, 0.5) is 0 Å². The van der Waals surface area contributed by atoms with Crippen molar-refractivity contribution in [2.45, 2.75) is 51.9 Å². The zero-order valence-corrected chi connectivity index (χ0v) is 16.7. The first-order valence-electron chi connectivity index (χ1n) is 9.81. The fourth-order valence-corrected chi connectivity index (χ4v) is 3.66. The third-order valence-corrected chi connectivity index (χ3v) is 5.35. The number of hydrogen-bond donors (Lipinski definition) is 2. The van der Waals surface area contributed by atoms with Crippen LogP contribution in [0.3, 0.4) is 0 Å². The standard InChI is InChI=1S/C22H31N5/c1-17-8-7-12-24-21(17)15-25-22(23-3)26-20-11-13-27(18(2)14-20)16-19-9-5-4-6-10-19/h4-10,12,18,20H,11,13-16H2,1-3H3,(H2,23,25,26). The third kappa shape index (κ3) is 5.54. The molecule has 27 heavy (non-hydrogen) atoms. The number of rotatable bonds is 5. The fourth-order valence-electron chi connectivity index (χ4n) is 3.66. The Balaban J connectivity index is 1.48. The topological polar surface area (TPSA) is 52.6 Å². The molecule has 2 N–H and O–H groups in total. The van der Waals surface area contributed by atoms with Gasteiger partial charge in [0.1, 0.15) is 0 Å². The summed E-state index contributed by atoms with van der Waals surface area (Å²) in [6.07, 6.45) is 4.08. The van der Waals surface area contributed by atoms with Gasteiger partial charge in [-0.1, -0.05) is 36.4 Å². The maximum Gasteiger partial charge on any atom is 0.191 e. The molecule has 1 saturated heterocycles. The monoisotopic (exact) mass is 365 g/mol. The normalized spacial score (nSPS) is 21.1. The predicted octanol–water partition coefficient (Wildman–Crippen LogP) is 3.11. The lowest BCUT2D eigenvalue weighted by Crippen LogP contribution is -2.51. The molecular weight excluding hydrogens is 334 g/mol. The number of aromatic nitrogens is 1. The molecule has 0 spiro atoms. The second-order valence-corrected chi connectivity index (χ2v) is 7.36.